The molecule has 2 N–H and O–H groups in total. The van der Waals surface area contributed by atoms with E-state index in [1.165, 1.54) is 43.4 Å². The lowest BCUT2D eigenvalue weighted by atomic mass is 9.49. The van der Waals surface area contributed by atoms with Gasteiger partial charge in [-0.1, -0.05) is 0 Å². The number of carbonyl (C=O) groups is 1. The normalized spacial score (nSPS) is 41.4. The SMILES string of the molecule is C[NH+](C)CCNC(=O)C12CC3CC(CC(C3)C1)C2. The van der Waals surface area contributed by atoms with Crippen molar-refractivity contribution >= 4 is 5.91 Å². The van der Waals surface area contributed by atoms with Crippen LogP contribution in [0.15, 0.2) is 0 Å². The fourth-order valence-corrected chi connectivity index (χ4v) is 5.00. The lowest BCUT2D eigenvalue weighted by molar-refractivity contribution is -0.856. The molecule has 3 nitrogen and oxygen atoms in total. The summed E-state index contributed by atoms with van der Waals surface area (Å²) in [6.45, 7) is 1.86. The average molecular weight is 251 g/mol. The van der Waals surface area contributed by atoms with Gasteiger partial charge >= 0.3 is 0 Å². The molecule has 4 bridgehead atoms. The van der Waals surface area contributed by atoms with E-state index >= 15 is 0 Å². The van der Waals surface area contributed by atoms with Crippen molar-refractivity contribution in [2.75, 3.05) is 27.2 Å². The van der Waals surface area contributed by atoms with E-state index in [1.54, 1.807) is 0 Å². The van der Waals surface area contributed by atoms with Crippen molar-refractivity contribution in [2.45, 2.75) is 38.5 Å². The molecule has 4 aliphatic rings. The molecule has 0 spiro atoms. The third kappa shape index (κ3) is 2.18. The Morgan fingerprint density at radius 1 is 1.11 bits per heavy atom. The van der Waals surface area contributed by atoms with Crippen LogP contribution in [0.1, 0.15) is 38.5 Å². The van der Waals surface area contributed by atoms with Crippen LogP contribution in [0.3, 0.4) is 0 Å². The van der Waals surface area contributed by atoms with Gasteiger partial charge in [0, 0.05) is 5.41 Å². The number of hydrogen-bond acceptors (Lipinski definition) is 1. The summed E-state index contributed by atoms with van der Waals surface area (Å²) in [5.74, 6) is 2.97. The molecule has 0 aromatic carbocycles. The average Bonchev–Trinajstić information content (AvgIpc) is 2.26. The van der Waals surface area contributed by atoms with Crippen molar-refractivity contribution in [3.05, 3.63) is 0 Å². The summed E-state index contributed by atoms with van der Waals surface area (Å²) in [5, 5.41) is 3.21. The maximum Gasteiger partial charge on any atom is 0.226 e. The molecule has 0 aliphatic heterocycles. The fraction of sp³-hybridized carbons (Fsp3) is 0.933. The minimum absolute atomic E-state index is 0.0381. The van der Waals surface area contributed by atoms with Gasteiger partial charge in [0.15, 0.2) is 0 Å². The minimum atomic E-state index is 0.0381. The Balaban J connectivity index is 1.62. The molecule has 3 heteroatoms. The molecule has 0 atom stereocenters. The number of likely N-dealkylation sites (N-methyl/N-ethyl adjacent to an activating group) is 1. The first-order valence-electron chi connectivity index (χ1n) is 7.65. The van der Waals surface area contributed by atoms with E-state index in [1.807, 2.05) is 0 Å². The Kier molecular flexibility index (Phi) is 3.13. The summed E-state index contributed by atoms with van der Waals surface area (Å²) >= 11 is 0. The number of amides is 1. The quantitative estimate of drug-likeness (QED) is 0.748. The van der Waals surface area contributed by atoms with Crippen molar-refractivity contribution in [3.8, 4) is 0 Å². The summed E-state index contributed by atoms with van der Waals surface area (Å²) in [7, 11) is 4.27. The summed E-state index contributed by atoms with van der Waals surface area (Å²) in [5.41, 5.74) is 0.0381. The molecule has 0 heterocycles. The van der Waals surface area contributed by atoms with E-state index in [-0.39, 0.29) is 5.41 Å². The van der Waals surface area contributed by atoms with E-state index in [9.17, 15) is 4.79 Å². The molecule has 0 aromatic rings. The maximum atomic E-state index is 12.6. The molecule has 4 rings (SSSR count). The minimum Gasteiger partial charge on any atom is -0.350 e. The third-order valence-corrected chi connectivity index (χ3v) is 5.43. The van der Waals surface area contributed by atoms with Crippen LogP contribution >= 0.6 is 0 Å². The van der Waals surface area contributed by atoms with Crippen LogP contribution in [0, 0.1) is 23.2 Å². The molecular formula is C15H27N2O+. The maximum absolute atomic E-state index is 12.6. The molecule has 102 valence electrons. The molecule has 1 amide bonds. The molecular weight excluding hydrogens is 224 g/mol. The molecule has 0 aromatic heterocycles. The molecule has 0 saturated heterocycles. The van der Waals surface area contributed by atoms with Crippen LogP contribution in [0.5, 0.6) is 0 Å². The fourth-order valence-electron chi connectivity index (χ4n) is 5.00. The lowest BCUT2D eigenvalue weighted by Gasteiger charge is -2.55. The summed E-state index contributed by atoms with van der Waals surface area (Å²) in [6.07, 6.45) is 7.77. The van der Waals surface area contributed by atoms with Gasteiger partial charge in [0.25, 0.3) is 0 Å². The number of carbonyl (C=O) groups excluding carboxylic acids is 1. The Morgan fingerprint density at radius 2 is 1.61 bits per heavy atom. The summed E-state index contributed by atoms with van der Waals surface area (Å²) < 4.78 is 0. The van der Waals surface area contributed by atoms with E-state index in [2.05, 4.69) is 19.4 Å². The van der Waals surface area contributed by atoms with Gasteiger partial charge in [-0.3, -0.25) is 4.79 Å². The van der Waals surface area contributed by atoms with Crippen LogP contribution in [-0.2, 0) is 4.79 Å². The standard InChI is InChI=1S/C15H26N2O/c1-17(2)4-3-16-14(18)15-8-11-5-12(9-15)7-13(6-11)10-15/h11-13H,3-10H2,1-2H3,(H,16,18)/p+1. The van der Waals surface area contributed by atoms with Crippen molar-refractivity contribution in [1.29, 1.82) is 0 Å². The molecule has 4 saturated carbocycles. The highest BCUT2D eigenvalue weighted by Gasteiger charge is 2.54. The van der Waals surface area contributed by atoms with Gasteiger partial charge in [-0.2, -0.15) is 0 Å². The van der Waals surface area contributed by atoms with E-state index < -0.39 is 0 Å². The van der Waals surface area contributed by atoms with Gasteiger partial charge in [-0.15, -0.1) is 0 Å². The topological polar surface area (TPSA) is 33.5 Å². The molecule has 18 heavy (non-hydrogen) atoms. The van der Waals surface area contributed by atoms with Gasteiger partial charge in [0.2, 0.25) is 5.91 Å². The lowest BCUT2D eigenvalue weighted by Crippen LogP contribution is -3.06. The Bertz CT molecular complexity index is 302. The Hall–Kier alpha value is -0.570. The first kappa shape index (κ1) is 12.5. The van der Waals surface area contributed by atoms with Crippen molar-refractivity contribution in [2.24, 2.45) is 23.2 Å². The molecule has 4 fully saturated rings. The van der Waals surface area contributed by atoms with E-state index in [4.69, 9.17) is 0 Å². The number of hydrogen-bond donors (Lipinski definition) is 2. The predicted molar refractivity (Wildman–Crippen MR) is 71.3 cm³/mol. The largest absolute Gasteiger partial charge is 0.350 e. The smallest absolute Gasteiger partial charge is 0.226 e. The van der Waals surface area contributed by atoms with Gasteiger partial charge in [0.05, 0.1) is 27.2 Å². The number of quaternary nitrogens is 1. The third-order valence-electron chi connectivity index (χ3n) is 5.43. The number of nitrogens with one attached hydrogen (secondary N) is 2. The van der Waals surface area contributed by atoms with Crippen LogP contribution in [0.25, 0.3) is 0 Å². The van der Waals surface area contributed by atoms with Crippen molar-refractivity contribution in [1.82, 2.24) is 5.32 Å². The Labute approximate surface area is 110 Å². The van der Waals surface area contributed by atoms with Crippen LogP contribution < -0.4 is 10.2 Å². The summed E-state index contributed by atoms with van der Waals surface area (Å²) in [4.78, 5) is 14.0. The van der Waals surface area contributed by atoms with Crippen molar-refractivity contribution < 1.29 is 9.69 Å². The number of rotatable bonds is 4. The van der Waals surface area contributed by atoms with E-state index in [0.717, 1.165) is 30.8 Å². The second kappa shape index (κ2) is 4.52. The first-order chi connectivity index (χ1) is 8.57. The molecule has 4 aliphatic carbocycles. The highest BCUT2D eigenvalue weighted by atomic mass is 16.2. The van der Waals surface area contributed by atoms with Gasteiger partial charge in [0.1, 0.15) is 0 Å². The van der Waals surface area contributed by atoms with Crippen molar-refractivity contribution in [3.63, 3.8) is 0 Å². The summed E-state index contributed by atoms with van der Waals surface area (Å²) in [6, 6.07) is 0. The second-order valence-electron chi connectivity index (χ2n) is 7.41. The zero-order valence-corrected chi connectivity index (χ0v) is 11.8. The predicted octanol–water partition coefficient (Wildman–Crippen LogP) is 0.464. The van der Waals surface area contributed by atoms with Crippen LogP contribution in [-0.4, -0.2) is 33.1 Å². The van der Waals surface area contributed by atoms with Gasteiger partial charge < -0.3 is 10.2 Å². The highest BCUT2D eigenvalue weighted by Crippen LogP contribution is 2.60. The monoisotopic (exact) mass is 251 g/mol. The van der Waals surface area contributed by atoms with Gasteiger partial charge in [-0.25, -0.2) is 0 Å². The zero-order valence-electron chi connectivity index (χ0n) is 11.8. The van der Waals surface area contributed by atoms with E-state index in [0.29, 0.717) is 5.91 Å². The highest BCUT2D eigenvalue weighted by molar-refractivity contribution is 5.83. The first-order valence-corrected chi connectivity index (χ1v) is 7.65. The Morgan fingerprint density at radius 3 is 2.06 bits per heavy atom. The van der Waals surface area contributed by atoms with Crippen LogP contribution in [0.2, 0.25) is 0 Å². The van der Waals surface area contributed by atoms with Gasteiger partial charge in [-0.05, 0) is 56.3 Å². The zero-order chi connectivity index (χ0) is 12.8. The molecule has 0 unspecified atom stereocenters. The molecule has 0 radical (unpaired) electrons. The van der Waals surface area contributed by atoms with Crippen LogP contribution in [0.4, 0.5) is 0 Å². The second-order valence-corrected chi connectivity index (χ2v) is 7.41.